The number of ketones is 1. The molecule has 0 aliphatic rings. The summed E-state index contributed by atoms with van der Waals surface area (Å²) in [7, 11) is 0. The smallest absolute Gasteiger partial charge is 0.159 e. The average molecular weight is 163 g/mol. The first-order valence-corrected chi connectivity index (χ1v) is 4.08. The molecule has 0 aliphatic carbocycles. The van der Waals surface area contributed by atoms with E-state index in [4.69, 9.17) is 0 Å². The van der Waals surface area contributed by atoms with Gasteiger partial charge < -0.3 is 0 Å². The molecule has 0 aliphatic heterocycles. The topological polar surface area (TPSA) is 30.0 Å². The summed E-state index contributed by atoms with van der Waals surface area (Å²) < 4.78 is 0. The highest BCUT2D eigenvalue weighted by molar-refractivity contribution is 5.94. The lowest BCUT2D eigenvalue weighted by Crippen LogP contribution is -1.97. The van der Waals surface area contributed by atoms with Gasteiger partial charge in [0, 0.05) is 17.5 Å². The van der Waals surface area contributed by atoms with E-state index in [-0.39, 0.29) is 5.78 Å². The number of aromatic nitrogens is 1. The van der Waals surface area contributed by atoms with Gasteiger partial charge >= 0.3 is 0 Å². The molecule has 0 atom stereocenters. The fourth-order valence-electron chi connectivity index (χ4n) is 0.983. The third-order valence-corrected chi connectivity index (χ3v) is 1.78. The van der Waals surface area contributed by atoms with Crippen molar-refractivity contribution in [3.05, 3.63) is 29.6 Å². The molecule has 0 N–H and O–H groups in total. The molecule has 2 heteroatoms. The molecule has 64 valence electrons. The first kappa shape index (κ1) is 8.91. The van der Waals surface area contributed by atoms with Gasteiger partial charge in [0.1, 0.15) is 0 Å². The maximum Gasteiger partial charge on any atom is 0.159 e. The average Bonchev–Trinajstić information content (AvgIpc) is 2.04. The van der Waals surface area contributed by atoms with Crippen LogP contribution >= 0.6 is 0 Å². The first-order valence-electron chi connectivity index (χ1n) is 4.08. The summed E-state index contributed by atoms with van der Waals surface area (Å²) in [5.41, 5.74) is 1.72. The van der Waals surface area contributed by atoms with E-state index in [0.717, 1.165) is 11.3 Å². The Balaban J connectivity index is 3.04. The summed E-state index contributed by atoms with van der Waals surface area (Å²) in [5, 5.41) is 0. The number of rotatable bonds is 2. The van der Waals surface area contributed by atoms with E-state index >= 15 is 0 Å². The van der Waals surface area contributed by atoms with Gasteiger partial charge in [0.25, 0.3) is 0 Å². The molecule has 0 fully saturated rings. The van der Waals surface area contributed by atoms with Crippen molar-refractivity contribution < 1.29 is 4.79 Å². The van der Waals surface area contributed by atoms with Gasteiger partial charge in [-0.15, -0.1) is 0 Å². The summed E-state index contributed by atoms with van der Waals surface area (Å²) in [5.74, 6) is 0.476. The minimum absolute atomic E-state index is 0.0966. The molecule has 0 unspecified atom stereocenters. The second-order valence-electron chi connectivity index (χ2n) is 3.18. The predicted octanol–water partition coefficient (Wildman–Crippen LogP) is 2.41. The van der Waals surface area contributed by atoms with E-state index in [0.29, 0.717) is 5.92 Å². The van der Waals surface area contributed by atoms with E-state index in [1.165, 1.54) is 0 Å². The Hall–Kier alpha value is -1.18. The SMILES string of the molecule is CC(=O)c1ccnc(C(C)C)c1. The summed E-state index contributed by atoms with van der Waals surface area (Å²) in [6, 6.07) is 3.60. The van der Waals surface area contributed by atoms with E-state index in [1.54, 1.807) is 19.2 Å². The molecule has 0 saturated heterocycles. The summed E-state index contributed by atoms with van der Waals surface area (Å²) in [4.78, 5) is 15.2. The van der Waals surface area contributed by atoms with Crippen LogP contribution in [-0.4, -0.2) is 10.8 Å². The number of nitrogens with zero attached hydrogens (tertiary/aromatic N) is 1. The lowest BCUT2D eigenvalue weighted by Gasteiger charge is -2.04. The van der Waals surface area contributed by atoms with Crippen molar-refractivity contribution in [2.45, 2.75) is 26.7 Å². The standard InChI is InChI=1S/C10H13NO/c1-7(2)10-6-9(8(3)12)4-5-11-10/h4-7H,1-3H3. The zero-order valence-corrected chi connectivity index (χ0v) is 7.66. The largest absolute Gasteiger partial charge is 0.295 e. The van der Waals surface area contributed by atoms with Gasteiger partial charge in [-0.05, 0) is 25.0 Å². The zero-order valence-electron chi connectivity index (χ0n) is 7.66. The maximum absolute atomic E-state index is 11.0. The number of hydrogen-bond acceptors (Lipinski definition) is 2. The molecular weight excluding hydrogens is 150 g/mol. The molecule has 0 spiro atoms. The Morgan fingerprint density at radius 2 is 2.17 bits per heavy atom. The zero-order chi connectivity index (χ0) is 9.14. The fraction of sp³-hybridized carbons (Fsp3) is 0.400. The van der Waals surface area contributed by atoms with Crippen LogP contribution < -0.4 is 0 Å². The van der Waals surface area contributed by atoms with Crippen LogP contribution in [0.3, 0.4) is 0 Å². The van der Waals surface area contributed by atoms with Gasteiger partial charge in [-0.2, -0.15) is 0 Å². The number of Topliss-reactive ketones (excluding diaryl/α,β-unsaturated/α-hetero) is 1. The molecule has 1 aromatic heterocycles. The van der Waals surface area contributed by atoms with Crippen LogP contribution in [0.25, 0.3) is 0 Å². The minimum atomic E-state index is 0.0966. The molecule has 12 heavy (non-hydrogen) atoms. The minimum Gasteiger partial charge on any atom is -0.295 e. The highest BCUT2D eigenvalue weighted by atomic mass is 16.1. The van der Waals surface area contributed by atoms with Gasteiger partial charge in [-0.1, -0.05) is 13.8 Å². The molecule has 0 amide bonds. The van der Waals surface area contributed by atoms with Crippen LogP contribution in [0.5, 0.6) is 0 Å². The van der Waals surface area contributed by atoms with Crippen molar-refractivity contribution in [3.8, 4) is 0 Å². The van der Waals surface area contributed by atoms with Crippen LogP contribution in [-0.2, 0) is 0 Å². The molecule has 1 heterocycles. The van der Waals surface area contributed by atoms with Crippen molar-refractivity contribution in [2.24, 2.45) is 0 Å². The maximum atomic E-state index is 11.0. The highest BCUT2D eigenvalue weighted by Gasteiger charge is 2.03. The predicted molar refractivity (Wildman–Crippen MR) is 48.3 cm³/mol. The van der Waals surface area contributed by atoms with Gasteiger partial charge in [-0.3, -0.25) is 9.78 Å². The molecule has 0 bridgehead atoms. The van der Waals surface area contributed by atoms with E-state index in [2.05, 4.69) is 18.8 Å². The van der Waals surface area contributed by atoms with Gasteiger partial charge in [0.15, 0.2) is 5.78 Å². The molecule has 2 nitrogen and oxygen atoms in total. The third-order valence-electron chi connectivity index (χ3n) is 1.78. The van der Waals surface area contributed by atoms with E-state index < -0.39 is 0 Å². The Labute approximate surface area is 72.6 Å². The van der Waals surface area contributed by atoms with Crippen molar-refractivity contribution in [1.82, 2.24) is 4.98 Å². The van der Waals surface area contributed by atoms with Crippen LogP contribution in [0.4, 0.5) is 0 Å². The number of pyridine rings is 1. The lowest BCUT2D eigenvalue weighted by molar-refractivity contribution is 0.101. The second kappa shape index (κ2) is 3.48. The Morgan fingerprint density at radius 1 is 1.50 bits per heavy atom. The molecule has 0 saturated carbocycles. The quantitative estimate of drug-likeness (QED) is 0.626. The molecule has 1 aromatic rings. The lowest BCUT2D eigenvalue weighted by atomic mass is 10.1. The van der Waals surface area contributed by atoms with Crippen molar-refractivity contribution in [1.29, 1.82) is 0 Å². The van der Waals surface area contributed by atoms with Crippen molar-refractivity contribution >= 4 is 5.78 Å². The van der Waals surface area contributed by atoms with Gasteiger partial charge in [-0.25, -0.2) is 0 Å². The summed E-state index contributed by atoms with van der Waals surface area (Å²) in [6.45, 7) is 5.69. The van der Waals surface area contributed by atoms with Gasteiger partial charge in [0.05, 0.1) is 0 Å². The fourth-order valence-corrected chi connectivity index (χ4v) is 0.983. The monoisotopic (exact) mass is 163 g/mol. The molecule has 1 rings (SSSR count). The van der Waals surface area contributed by atoms with Gasteiger partial charge in [0.2, 0.25) is 0 Å². The summed E-state index contributed by atoms with van der Waals surface area (Å²) >= 11 is 0. The second-order valence-corrected chi connectivity index (χ2v) is 3.18. The van der Waals surface area contributed by atoms with E-state index in [9.17, 15) is 4.79 Å². The number of carbonyl (C=O) groups is 1. The van der Waals surface area contributed by atoms with Crippen LogP contribution in [0.2, 0.25) is 0 Å². The Morgan fingerprint density at radius 3 is 2.67 bits per heavy atom. The normalized spacial score (nSPS) is 10.3. The Bertz CT molecular complexity index is 292. The molecule has 0 radical (unpaired) electrons. The molecular formula is C10H13NO. The van der Waals surface area contributed by atoms with Crippen molar-refractivity contribution in [3.63, 3.8) is 0 Å². The molecule has 0 aromatic carbocycles. The third kappa shape index (κ3) is 1.91. The summed E-state index contributed by atoms with van der Waals surface area (Å²) in [6.07, 6.45) is 1.69. The first-order chi connectivity index (χ1) is 5.61. The van der Waals surface area contributed by atoms with E-state index in [1.807, 2.05) is 6.07 Å². The number of carbonyl (C=O) groups excluding carboxylic acids is 1. The van der Waals surface area contributed by atoms with Crippen LogP contribution in [0, 0.1) is 0 Å². The van der Waals surface area contributed by atoms with Crippen LogP contribution in [0.1, 0.15) is 42.7 Å². The van der Waals surface area contributed by atoms with Crippen LogP contribution in [0.15, 0.2) is 18.3 Å². The number of hydrogen-bond donors (Lipinski definition) is 0. The highest BCUT2D eigenvalue weighted by Crippen LogP contribution is 2.12. The van der Waals surface area contributed by atoms with Crippen molar-refractivity contribution in [2.75, 3.05) is 0 Å². The Kier molecular flexibility index (Phi) is 2.58.